The average molecular weight is 956 g/mol. The molecule has 0 spiro atoms. The molecule has 1 atom stereocenters. The predicted octanol–water partition coefficient (Wildman–Crippen LogP) is 20.0. The van der Waals surface area contributed by atoms with Gasteiger partial charge < -0.3 is 14.2 Å². The molecule has 0 fully saturated rings. The van der Waals surface area contributed by atoms with E-state index < -0.39 is 6.10 Å². The van der Waals surface area contributed by atoms with E-state index in [1.165, 1.54) is 218 Å². The van der Waals surface area contributed by atoms with Gasteiger partial charge in [0.25, 0.3) is 0 Å². The summed E-state index contributed by atoms with van der Waals surface area (Å²) in [5, 5.41) is 0. The quantitative estimate of drug-likeness (QED) is 0.0262. The van der Waals surface area contributed by atoms with Gasteiger partial charge in [0.05, 0.1) is 0 Å². The lowest BCUT2D eigenvalue weighted by Gasteiger charge is -2.18. The van der Waals surface area contributed by atoms with Crippen molar-refractivity contribution >= 4 is 17.9 Å². The molecule has 0 aliphatic heterocycles. The summed E-state index contributed by atoms with van der Waals surface area (Å²) in [6, 6.07) is 0. The second-order valence-electron chi connectivity index (χ2n) is 20.3. The van der Waals surface area contributed by atoms with Gasteiger partial charge in [0.15, 0.2) is 6.10 Å². The van der Waals surface area contributed by atoms with E-state index in [-0.39, 0.29) is 31.1 Å². The van der Waals surface area contributed by atoms with Crippen LogP contribution in [-0.2, 0) is 28.6 Å². The highest BCUT2D eigenvalue weighted by Crippen LogP contribution is 2.16. The number of unbranched alkanes of at least 4 members (excludes halogenated alkanes) is 38. The van der Waals surface area contributed by atoms with Gasteiger partial charge in [-0.3, -0.25) is 14.4 Å². The number of carbonyl (C=O) groups excluding carboxylic acids is 3. The third-order valence-electron chi connectivity index (χ3n) is 13.4. The van der Waals surface area contributed by atoms with Crippen LogP contribution in [0.2, 0.25) is 0 Å². The minimum Gasteiger partial charge on any atom is -0.462 e. The zero-order valence-corrected chi connectivity index (χ0v) is 45.6. The lowest BCUT2D eigenvalue weighted by atomic mass is 10.0. The molecule has 0 aliphatic rings. The molecule has 0 aromatic rings. The van der Waals surface area contributed by atoms with Gasteiger partial charge in [-0.2, -0.15) is 0 Å². The highest BCUT2D eigenvalue weighted by atomic mass is 16.6. The van der Waals surface area contributed by atoms with Crippen molar-refractivity contribution in [1.82, 2.24) is 0 Å². The second kappa shape index (κ2) is 57.2. The summed E-state index contributed by atoms with van der Waals surface area (Å²) in [6.45, 7) is 6.63. The van der Waals surface area contributed by atoms with Crippen molar-refractivity contribution in [3.63, 3.8) is 0 Å². The zero-order valence-electron chi connectivity index (χ0n) is 45.6. The van der Waals surface area contributed by atoms with Crippen LogP contribution in [0.4, 0.5) is 0 Å². The van der Waals surface area contributed by atoms with Crippen LogP contribution in [0.25, 0.3) is 0 Å². The van der Waals surface area contributed by atoms with Gasteiger partial charge in [0.2, 0.25) is 0 Å². The van der Waals surface area contributed by atoms with E-state index in [1.807, 2.05) is 0 Å². The molecule has 0 amide bonds. The first-order valence-electron chi connectivity index (χ1n) is 30.0. The maximum Gasteiger partial charge on any atom is 0.306 e. The Bertz CT molecular complexity index is 1140. The number of hydrogen-bond donors (Lipinski definition) is 0. The summed E-state index contributed by atoms with van der Waals surface area (Å²) >= 11 is 0. The molecule has 0 saturated carbocycles. The third-order valence-corrected chi connectivity index (χ3v) is 13.4. The van der Waals surface area contributed by atoms with Crippen molar-refractivity contribution in [1.29, 1.82) is 0 Å². The van der Waals surface area contributed by atoms with Crippen molar-refractivity contribution < 1.29 is 28.6 Å². The Morgan fingerprint density at radius 1 is 0.294 bits per heavy atom. The smallest absolute Gasteiger partial charge is 0.306 e. The highest BCUT2D eigenvalue weighted by Gasteiger charge is 2.19. The first-order valence-corrected chi connectivity index (χ1v) is 30.0. The third kappa shape index (κ3) is 54.6. The van der Waals surface area contributed by atoms with E-state index in [9.17, 15) is 14.4 Å². The number of esters is 3. The van der Waals surface area contributed by atoms with Crippen molar-refractivity contribution in [2.75, 3.05) is 13.2 Å². The summed E-state index contributed by atoms with van der Waals surface area (Å²) in [5.74, 6) is -0.862. The summed E-state index contributed by atoms with van der Waals surface area (Å²) in [5.41, 5.74) is 0. The van der Waals surface area contributed by atoms with Gasteiger partial charge in [-0.05, 0) is 77.0 Å². The van der Waals surface area contributed by atoms with Crippen molar-refractivity contribution in [2.45, 2.75) is 329 Å². The molecule has 0 aromatic carbocycles. The van der Waals surface area contributed by atoms with Crippen molar-refractivity contribution in [2.24, 2.45) is 0 Å². The van der Waals surface area contributed by atoms with E-state index >= 15 is 0 Å². The minimum absolute atomic E-state index is 0.0703. The summed E-state index contributed by atoms with van der Waals surface area (Å²) in [7, 11) is 0. The van der Waals surface area contributed by atoms with Crippen LogP contribution in [0.15, 0.2) is 36.5 Å². The van der Waals surface area contributed by atoms with E-state index in [0.717, 1.165) is 64.2 Å². The van der Waals surface area contributed by atoms with Gasteiger partial charge >= 0.3 is 17.9 Å². The van der Waals surface area contributed by atoms with E-state index in [1.54, 1.807) is 0 Å². The Morgan fingerprint density at radius 3 is 0.824 bits per heavy atom. The fourth-order valence-corrected chi connectivity index (χ4v) is 8.82. The van der Waals surface area contributed by atoms with Gasteiger partial charge in [-0.15, -0.1) is 0 Å². The van der Waals surface area contributed by atoms with Gasteiger partial charge in [0.1, 0.15) is 13.2 Å². The van der Waals surface area contributed by atoms with Crippen LogP contribution in [-0.4, -0.2) is 37.2 Å². The van der Waals surface area contributed by atoms with Gasteiger partial charge in [-0.25, -0.2) is 0 Å². The number of ether oxygens (including phenoxy) is 3. The van der Waals surface area contributed by atoms with E-state index in [0.29, 0.717) is 19.3 Å². The maximum atomic E-state index is 12.8. The van der Waals surface area contributed by atoms with Crippen LogP contribution in [0.5, 0.6) is 0 Å². The Kier molecular flexibility index (Phi) is 55.2. The molecule has 0 rings (SSSR count). The summed E-state index contributed by atoms with van der Waals surface area (Å²) < 4.78 is 16.8. The molecule has 0 bridgehead atoms. The molecule has 0 aromatic heterocycles. The molecule has 0 N–H and O–H groups in total. The Balaban J connectivity index is 4.18. The van der Waals surface area contributed by atoms with Crippen molar-refractivity contribution in [3.05, 3.63) is 36.5 Å². The van der Waals surface area contributed by atoms with Crippen molar-refractivity contribution in [3.8, 4) is 0 Å². The molecular weight excluding hydrogens is 841 g/mol. The molecule has 68 heavy (non-hydrogen) atoms. The largest absolute Gasteiger partial charge is 0.462 e. The molecule has 6 heteroatoms. The lowest BCUT2D eigenvalue weighted by molar-refractivity contribution is -0.167. The minimum atomic E-state index is -0.770. The number of allylic oxidation sites excluding steroid dienone is 6. The Morgan fingerprint density at radius 2 is 0.529 bits per heavy atom. The summed E-state index contributed by atoms with van der Waals surface area (Å²) in [6.07, 6.45) is 68.7. The fraction of sp³-hybridized carbons (Fsp3) is 0.855. The molecular formula is C62H114O6. The predicted molar refractivity (Wildman–Crippen MR) is 293 cm³/mol. The zero-order chi connectivity index (χ0) is 49.3. The van der Waals surface area contributed by atoms with Crippen LogP contribution in [0, 0.1) is 0 Å². The maximum absolute atomic E-state index is 12.8. The highest BCUT2D eigenvalue weighted by molar-refractivity contribution is 5.71. The first kappa shape index (κ1) is 65.6. The van der Waals surface area contributed by atoms with Crippen LogP contribution in [0.1, 0.15) is 323 Å². The van der Waals surface area contributed by atoms with Gasteiger partial charge in [-0.1, -0.05) is 263 Å². The molecule has 0 saturated heterocycles. The SMILES string of the molecule is CCCCCCC/C=C\C/C=C\CCCCCCCCCCCCCC(=O)OCC(COC(=O)CCCCCCCCCC)OC(=O)CCCCCCCCCCC/C=C\CCCCCCCC. The molecule has 0 aliphatic carbocycles. The standard InChI is InChI=1S/C62H114O6/c1-4-7-10-13-16-19-21-23-25-27-29-30-31-32-34-35-37-39-41-43-46-49-52-55-61(64)67-58-59(57-66-60(63)54-51-48-45-18-15-12-9-6-3)68-62(65)56-53-50-47-44-42-40-38-36-33-28-26-24-22-20-17-14-11-8-5-2/h21,23-24,26-27,29,59H,4-20,22,25,28,30-58H2,1-3H3/b23-21-,26-24-,29-27-. The molecule has 1 unspecified atom stereocenters. The van der Waals surface area contributed by atoms with Crippen LogP contribution < -0.4 is 0 Å². The summed E-state index contributed by atoms with van der Waals surface area (Å²) in [4.78, 5) is 38.0. The molecule has 6 nitrogen and oxygen atoms in total. The van der Waals surface area contributed by atoms with E-state index in [2.05, 4.69) is 57.2 Å². The molecule has 0 radical (unpaired) electrons. The number of hydrogen-bond acceptors (Lipinski definition) is 6. The fourth-order valence-electron chi connectivity index (χ4n) is 8.82. The first-order chi connectivity index (χ1) is 33.5. The van der Waals surface area contributed by atoms with Crippen LogP contribution in [0.3, 0.4) is 0 Å². The molecule has 0 heterocycles. The second-order valence-corrected chi connectivity index (χ2v) is 20.3. The van der Waals surface area contributed by atoms with Gasteiger partial charge in [0, 0.05) is 19.3 Å². The Hall–Kier alpha value is -2.37. The van der Waals surface area contributed by atoms with E-state index in [4.69, 9.17) is 14.2 Å². The monoisotopic (exact) mass is 955 g/mol. The number of rotatable bonds is 55. The average Bonchev–Trinajstić information content (AvgIpc) is 3.34. The number of carbonyl (C=O) groups is 3. The van der Waals surface area contributed by atoms with Crippen LogP contribution >= 0.6 is 0 Å². The lowest BCUT2D eigenvalue weighted by Crippen LogP contribution is -2.30. The normalized spacial score (nSPS) is 12.2. The topological polar surface area (TPSA) is 78.9 Å². The Labute approximate surface area is 423 Å². The molecule has 398 valence electrons.